The smallest absolute Gasteiger partial charge is 0.187 e. The second kappa shape index (κ2) is 6.28. The van der Waals surface area contributed by atoms with E-state index in [0.29, 0.717) is 24.4 Å². The predicted molar refractivity (Wildman–Crippen MR) is 80.7 cm³/mol. The van der Waals surface area contributed by atoms with E-state index in [0.717, 1.165) is 24.4 Å². The molecule has 114 valence electrons. The van der Waals surface area contributed by atoms with E-state index in [4.69, 9.17) is 10.8 Å². The van der Waals surface area contributed by atoms with Crippen molar-refractivity contribution in [2.45, 2.75) is 42.8 Å². The molecule has 2 rings (SSSR count). The lowest BCUT2D eigenvalue weighted by molar-refractivity contribution is 0.229. The minimum atomic E-state index is -3.32. The van der Waals surface area contributed by atoms with Gasteiger partial charge in [-0.3, -0.25) is 0 Å². The Morgan fingerprint density at radius 2 is 2.25 bits per heavy atom. The van der Waals surface area contributed by atoms with Crippen LogP contribution in [0.1, 0.15) is 32.6 Å². The number of hydrogen-bond acceptors (Lipinski definition) is 7. The number of nitrogens with two attached hydrogens (primary N) is 1. The summed E-state index contributed by atoms with van der Waals surface area (Å²) < 4.78 is 28.6. The lowest BCUT2D eigenvalue weighted by Gasteiger charge is -2.09. The number of aromatic nitrogens is 1. The highest BCUT2D eigenvalue weighted by Crippen LogP contribution is 2.40. The maximum Gasteiger partial charge on any atom is 0.187 e. The van der Waals surface area contributed by atoms with Crippen LogP contribution in [0.3, 0.4) is 0 Å². The van der Waals surface area contributed by atoms with Crippen LogP contribution in [-0.2, 0) is 9.84 Å². The van der Waals surface area contributed by atoms with Crippen molar-refractivity contribution in [3.63, 3.8) is 0 Å². The van der Waals surface area contributed by atoms with Gasteiger partial charge in [0.2, 0.25) is 0 Å². The van der Waals surface area contributed by atoms with Crippen molar-refractivity contribution in [1.29, 1.82) is 0 Å². The van der Waals surface area contributed by atoms with Gasteiger partial charge in [-0.2, -0.15) is 4.37 Å². The van der Waals surface area contributed by atoms with E-state index in [1.54, 1.807) is 0 Å². The predicted octanol–water partition coefficient (Wildman–Crippen LogP) is 1.48. The fourth-order valence-corrected chi connectivity index (χ4v) is 4.88. The summed E-state index contributed by atoms with van der Waals surface area (Å²) >= 11 is 1.10. The highest BCUT2D eigenvalue weighted by molar-refractivity contribution is 7.92. The van der Waals surface area contributed by atoms with Gasteiger partial charge in [0.25, 0.3) is 0 Å². The van der Waals surface area contributed by atoms with E-state index < -0.39 is 9.84 Å². The highest BCUT2D eigenvalue weighted by atomic mass is 32.2. The summed E-state index contributed by atoms with van der Waals surface area (Å²) in [4.78, 5) is 0.181. The molecule has 1 aromatic rings. The number of aliphatic hydroxyl groups excluding tert-OH is 1. The van der Waals surface area contributed by atoms with Crippen LogP contribution in [0.25, 0.3) is 0 Å². The Kier molecular flexibility index (Phi) is 4.87. The van der Waals surface area contributed by atoms with E-state index in [-0.39, 0.29) is 28.5 Å². The Morgan fingerprint density at radius 3 is 2.85 bits per heavy atom. The normalized spacial score (nSPS) is 17.1. The largest absolute Gasteiger partial charge is 0.396 e. The van der Waals surface area contributed by atoms with Gasteiger partial charge in [0, 0.05) is 13.2 Å². The van der Waals surface area contributed by atoms with Gasteiger partial charge in [0.1, 0.15) is 9.90 Å². The molecule has 1 aromatic heterocycles. The zero-order valence-corrected chi connectivity index (χ0v) is 13.1. The van der Waals surface area contributed by atoms with E-state index >= 15 is 0 Å². The lowest BCUT2D eigenvalue weighted by atomic mass is 10.1. The van der Waals surface area contributed by atoms with E-state index in [1.807, 2.05) is 6.92 Å². The summed E-state index contributed by atoms with van der Waals surface area (Å²) in [6.45, 7) is 2.81. The monoisotopic (exact) mass is 319 g/mol. The zero-order chi connectivity index (χ0) is 14.8. The molecule has 1 aliphatic rings. The topological polar surface area (TPSA) is 105 Å². The number of nitrogens with one attached hydrogen (secondary N) is 1. The van der Waals surface area contributed by atoms with Gasteiger partial charge >= 0.3 is 0 Å². The van der Waals surface area contributed by atoms with Crippen LogP contribution in [0, 0.1) is 5.92 Å². The van der Waals surface area contributed by atoms with Gasteiger partial charge in [-0.25, -0.2) is 8.42 Å². The molecule has 0 aromatic carbocycles. The lowest BCUT2D eigenvalue weighted by Crippen LogP contribution is -2.12. The first-order chi connectivity index (χ1) is 9.46. The molecule has 1 heterocycles. The fourth-order valence-electron chi connectivity index (χ4n) is 1.97. The Hall–Kier alpha value is -0.860. The van der Waals surface area contributed by atoms with Crippen molar-refractivity contribution in [1.82, 2.24) is 4.37 Å². The maximum atomic E-state index is 12.3. The second-order valence-electron chi connectivity index (χ2n) is 5.33. The number of anilines is 2. The third-order valence-corrected chi connectivity index (χ3v) is 6.67. The van der Waals surface area contributed by atoms with E-state index in [1.165, 1.54) is 0 Å². The molecule has 1 atom stereocenters. The van der Waals surface area contributed by atoms with Crippen LogP contribution >= 0.6 is 11.5 Å². The van der Waals surface area contributed by atoms with Crippen molar-refractivity contribution in [2.75, 3.05) is 24.2 Å². The first-order valence-electron chi connectivity index (χ1n) is 6.80. The van der Waals surface area contributed by atoms with Gasteiger partial charge in [0.05, 0.1) is 5.25 Å². The van der Waals surface area contributed by atoms with Crippen LogP contribution < -0.4 is 11.1 Å². The van der Waals surface area contributed by atoms with Crippen molar-refractivity contribution in [2.24, 2.45) is 5.92 Å². The first-order valence-corrected chi connectivity index (χ1v) is 9.12. The number of rotatable bonds is 8. The van der Waals surface area contributed by atoms with Crippen LogP contribution in [0.4, 0.5) is 10.8 Å². The summed E-state index contributed by atoms with van der Waals surface area (Å²) in [6, 6.07) is 0. The Balaban J connectivity index is 1.99. The third kappa shape index (κ3) is 3.42. The van der Waals surface area contributed by atoms with Crippen molar-refractivity contribution in [3.8, 4) is 0 Å². The molecular formula is C12H21N3O3S2. The number of nitrogens with zero attached hydrogens (tertiary/aromatic N) is 1. The molecule has 1 unspecified atom stereocenters. The third-order valence-electron chi connectivity index (χ3n) is 3.39. The van der Waals surface area contributed by atoms with Crippen LogP contribution in [0.15, 0.2) is 4.90 Å². The minimum Gasteiger partial charge on any atom is -0.396 e. The summed E-state index contributed by atoms with van der Waals surface area (Å²) in [6.07, 6.45) is 3.18. The molecule has 0 aliphatic heterocycles. The number of nitrogen functional groups attached to an aromatic ring is 1. The maximum absolute atomic E-state index is 12.3. The Labute approximate surface area is 123 Å². The molecule has 20 heavy (non-hydrogen) atoms. The van der Waals surface area contributed by atoms with Crippen LogP contribution in [-0.4, -0.2) is 36.3 Å². The van der Waals surface area contributed by atoms with Gasteiger partial charge < -0.3 is 16.2 Å². The quantitative estimate of drug-likeness (QED) is 0.627. The standard InChI is InChI=1S/C12H21N3O3S2/c1-8(7-16)3-2-6-14-12-10(11(13)15-19-12)20(17,18)9-4-5-9/h8-9,14,16H,2-7H2,1H3,(H2,13,15). The zero-order valence-electron chi connectivity index (χ0n) is 11.5. The molecule has 4 N–H and O–H groups in total. The van der Waals surface area contributed by atoms with Gasteiger partial charge in [-0.05, 0) is 43.1 Å². The van der Waals surface area contributed by atoms with Crippen molar-refractivity contribution >= 4 is 32.2 Å². The minimum absolute atomic E-state index is 0.105. The molecule has 0 amide bonds. The molecule has 0 radical (unpaired) electrons. The van der Waals surface area contributed by atoms with E-state index in [2.05, 4.69) is 9.69 Å². The molecule has 1 saturated carbocycles. The summed E-state index contributed by atoms with van der Waals surface area (Å²) in [5.74, 6) is 0.367. The van der Waals surface area contributed by atoms with Crippen LogP contribution in [0.2, 0.25) is 0 Å². The van der Waals surface area contributed by atoms with Gasteiger partial charge in [0.15, 0.2) is 15.7 Å². The average Bonchev–Trinajstić information content (AvgIpc) is 3.19. The molecule has 0 spiro atoms. The summed E-state index contributed by atoms with van der Waals surface area (Å²) in [7, 11) is -3.32. The molecule has 0 saturated heterocycles. The van der Waals surface area contributed by atoms with Gasteiger partial charge in [-0.1, -0.05) is 6.92 Å². The van der Waals surface area contributed by atoms with Crippen LogP contribution in [0.5, 0.6) is 0 Å². The average molecular weight is 319 g/mol. The summed E-state index contributed by atoms with van der Waals surface area (Å²) in [5, 5.41) is 12.3. The molecule has 1 fully saturated rings. The fraction of sp³-hybridized carbons (Fsp3) is 0.750. The van der Waals surface area contributed by atoms with Gasteiger partial charge in [-0.15, -0.1) is 0 Å². The molecule has 8 heteroatoms. The highest BCUT2D eigenvalue weighted by Gasteiger charge is 2.40. The first kappa shape index (κ1) is 15.5. The molecule has 6 nitrogen and oxygen atoms in total. The molecular weight excluding hydrogens is 298 g/mol. The Bertz CT molecular complexity index is 552. The SMILES string of the molecule is CC(CO)CCCNc1snc(N)c1S(=O)(=O)C1CC1. The molecule has 0 bridgehead atoms. The molecule has 1 aliphatic carbocycles. The second-order valence-corrected chi connectivity index (χ2v) is 8.27. The van der Waals surface area contributed by atoms with E-state index in [9.17, 15) is 8.42 Å². The van der Waals surface area contributed by atoms with Crippen molar-refractivity contribution in [3.05, 3.63) is 0 Å². The number of aliphatic hydroxyl groups is 1. The Morgan fingerprint density at radius 1 is 1.55 bits per heavy atom. The number of sulfone groups is 1. The summed E-state index contributed by atoms with van der Waals surface area (Å²) in [5.41, 5.74) is 5.71. The van der Waals surface area contributed by atoms with Crippen molar-refractivity contribution < 1.29 is 13.5 Å². The number of hydrogen-bond donors (Lipinski definition) is 3.